The molecule has 0 spiro atoms. The molecule has 6 nitrogen and oxygen atoms in total. The van der Waals surface area contributed by atoms with Crippen LogP contribution in [0.5, 0.6) is 0 Å². The van der Waals surface area contributed by atoms with E-state index >= 15 is 0 Å². The van der Waals surface area contributed by atoms with Crippen LogP contribution < -0.4 is 5.84 Å². The van der Waals surface area contributed by atoms with Gasteiger partial charge in [0, 0.05) is 6.42 Å². The predicted molar refractivity (Wildman–Crippen MR) is 61.7 cm³/mol. The van der Waals surface area contributed by atoms with Crippen LogP contribution in [0.1, 0.15) is 26.1 Å². The Hall–Kier alpha value is -1.24. The first-order valence-electron chi connectivity index (χ1n) is 5.08. The van der Waals surface area contributed by atoms with E-state index in [9.17, 15) is 4.79 Å². The Morgan fingerprint density at radius 2 is 2.31 bits per heavy atom. The first-order chi connectivity index (χ1) is 7.54. The van der Waals surface area contributed by atoms with Gasteiger partial charge in [-0.05, 0) is 5.92 Å². The number of carboxylic acid groups (broad SMARTS) is 1. The topological polar surface area (TPSA) is 94.0 Å². The molecule has 1 aromatic rings. The summed E-state index contributed by atoms with van der Waals surface area (Å²) in [4.78, 5) is 10.4. The molecule has 0 aromatic carbocycles. The van der Waals surface area contributed by atoms with Crippen molar-refractivity contribution in [1.82, 2.24) is 14.9 Å². The van der Waals surface area contributed by atoms with Crippen LogP contribution in [-0.2, 0) is 11.2 Å². The molecule has 0 bridgehead atoms. The molecule has 3 N–H and O–H groups in total. The van der Waals surface area contributed by atoms with Gasteiger partial charge in [-0.1, -0.05) is 32.0 Å². The number of aliphatic carboxylic acids is 1. The summed E-state index contributed by atoms with van der Waals surface area (Å²) in [5.74, 6) is 6.01. The molecule has 0 fully saturated rings. The summed E-state index contributed by atoms with van der Waals surface area (Å²) in [7, 11) is 0. The van der Waals surface area contributed by atoms with Gasteiger partial charge in [0.05, 0.1) is 5.75 Å². The molecule has 0 aliphatic heterocycles. The molecule has 7 heteroatoms. The van der Waals surface area contributed by atoms with Crippen molar-refractivity contribution in [2.24, 2.45) is 5.92 Å². The van der Waals surface area contributed by atoms with E-state index in [1.54, 1.807) is 0 Å². The Balaban J connectivity index is 2.64. The van der Waals surface area contributed by atoms with Crippen molar-refractivity contribution < 1.29 is 9.90 Å². The van der Waals surface area contributed by atoms with Crippen LogP contribution in [0.15, 0.2) is 5.16 Å². The Kier molecular flexibility index (Phi) is 4.60. The first-order valence-corrected chi connectivity index (χ1v) is 6.07. The maximum Gasteiger partial charge on any atom is 0.313 e. The molecule has 1 aromatic heterocycles. The largest absolute Gasteiger partial charge is 0.481 e. The highest BCUT2D eigenvalue weighted by Gasteiger charge is 2.13. The van der Waals surface area contributed by atoms with Crippen molar-refractivity contribution in [3.8, 4) is 0 Å². The van der Waals surface area contributed by atoms with E-state index < -0.39 is 5.97 Å². The highest BCUT2D eigenvalue weighted by atomic mass is 32.2. The summed E-state index contributed by atoms with van der Waals surface area (Å²) in [6.07, 6.45) is 1.80. The number of rotatable bonds is 6. The number of aromatic nitrogens is 3. The Morgan fingerprint density at radius 3 is 2.88 bits per heavy atom. The van der Waals surface area contributed by atoms with Gasteiger partial charge in [0.25, 0.3) is 0 Å². The van der Waals surface area contributed by atoms with Crippen molar-refractivity contribution >= 4 is 17.7 Å². The first kappa shape index (κ1) is 12.8. The summed E-state index contributed by atoms with van der Waals surface area (Å²) >= 11 is 1.08. The van der Waals surface area contributed by atoms with Crippen LogP contribution in [0.4, 0.5) is 0 Å². The van der Waals surface area contributed by atoms with E-state index in [1.807, 2.05) is 0 Å². The molecule has 0 amide bonds. The van der Waals surface area contributed by atoms with E-state index in [0.29, 0.717) is 16.9 Å². The molecule has 1 atom stereocenters. The third-order valence-corrected chi connectivity index (χ3v) is 3.22. The third kappa shape index (κ3) is 3.41. The number of hydrogen-bond donors (Lipinski definition) is 2. The highest BCUT2D eigenvalue weighted by molar-refractivity contribution is 7.99. The number of nitrogen functional groups attached to an aromatic ring is 1. The quantitative estimate of drug-likeness (QED) is 0.566. The number of nitrogens with two attached hydrogens (primary N) is 1. The minimum absolute atomic E-state index is 0.0569. The maximum absolute atomic E-state index is 10.4. The van der Waals surface area contributed by atoms with Gasteiger partial charge in [0.15, 0.2) is 5.82 Å². The molecule has 1 rings (SSSR count). The standard InChI is InChI=1S/C9H16N4O2S/c1-3-6(2)4-7-11-12-9(13(7)10)16-5-8(14)15/h6H,3-5,10H2,1-2H3,(H,14,15). The summed E-state index contributed by atoms with van der Waals surface area (Å²) in [5.41, 5.74) is 0. The molecular formula is C9H16N4O2S. The molecule has 0 aliphatic carbocycles. The van der Waals surface area contributed by atoms with E-state index in [1.165, 1.54) is 4.68 Å². The van der Waals surface area contributed by atoms with Crippen LogP contribution in [0.2, 0.25) is 0 Å². The number of thioether (sulfide) groups is 1. The van der Waals surface area contributed by atoms with Crippen molar-refractivity contribution in [3.05, 3.63) is 5.82 Å². The van der Waals surface area contributed by atoms with Gasteiger partial charge >= 0.3 is 5.97 Å². The van der Waals surface area contributed by atoms with Gasteiger partial charge in [0.1, 0.15) is 0 Å². The highest BCUT2D eigenvalue weighted by Crippen LogP contribution is 2.16. The minimum atomic E-state index is -0.892. The van der Waals surface area contributed by atoms with E-state index in [2.05, 4.69) is 24.0 Å². The molecular weight excluding hydrogens is 228 g/mol. The third-order valence-electron chi connectivity index (χ3n) is 2.29. The van der Waals surface area contributed by atoms with E-state index in [0.717, 1.165) is 24.6 Å². The van der Waals surface area contributed by atoms with Crippen molar-refractivity contribution in [2.45, 2.75) is 31.8 Å². The van der Waals surface area contributed by atoms with Crippen LogP contribution in [0, 0.1) is 5.92 Å². The average molecular weight is 244 g/mol. The second-order valence-corrected chi connectivity index (χ2v) is 4.61. The molecule has 0 saturated carbocycles. The molecule has 0 aliphatic rings. The fourth-order valence-electron chi connectivity index (χ4n) is 1.13. The smallest absolute Gasteiger partial charge is 0.313 e. The number of carboxylic acids is 1. The van der Waals surface area contributed by atoms with Gasteiger partial charge in [-0.25, -0.2) is 4.68 Å². The maximum atomic E-state index is 10.4. The summed E-state index contributed by atoms with van der Waals surface area (Å²) in [6.45, 7) is 4.21. The fraction of sp³-hybridized carbons (Fsp3) is 0.667. The van der Waals surface area contributed by atoms with Crippen LogP contribution in [0.25, 0.3) is 0 Å². The molecule has 1 heterocycles. The molecule has 16 heavy (non-hydrogen) atoms. The van der Waals surface area contributed by atoms with E-state index in [-0.39, 0.29) is 5.75 Å². The lowest BCUT2D eigenvalue weighted by Crippen LogP contribution is -2.16. The second kappa shape index (κ2) is 5.74. The number of nitrogens with zero attached hydrogens (tertiary/aromatic N) is 3. The average Bonchev–Trinajstić information content (AvgIpc) is 2.57. The van der Waals surface area contributed by atoms with Crippen LogP contribution in [-0.4, -0.2) is 31.7 Å². The lowest BCUT2D eigenvalue weighted by atomic mass is 10.1. The Morgan fingerprint density at radius 1 is 1.62 bits per heavy atom. The fourth-order valence-corrected chi connectivity index (χ4v) is 1.72. The van der Waals surface area contributed by atoms with Gasteiger partial charge in [0.2, 0.25) is 5.16 Å². The summed E-state index contributed by atoms with van der Waals surface area (Å²) in [6, 6.07) is 0. The zero-order chi connectivity index (χ0) is 12.1. The molecule has 1 unspecified atom stereocenters. The predicted octanol–water partition coefficient (Wildman–Crippen LogP) is 0.757. The second-order valence-electron chi connectivity index (χ2n) is 3.67. The van der Waals surface area contributed by atoms with Crippen LogP contribution in [0.3, 0.4) is 0 Å². The Labute approximate surface area is 98.2 Å². The SMILES string of the molecule is CCC(C)Cc1nnc(SCC(=O)O)n1N. The summed E-state index contributed by atoms with van der Waals surface area (Å²) in [5, 5.41) is 16.8. The van der Waals surface area contributed by atoms with Gasteiger partial charge in [-0.2, -0.15) is 0 Å². The van der Waals surface area contributed by atoms with Gasteiger partial charge < -0.3 is 10.9 Å². The number of carbonyl (C=O) groups is 1. The zero-order valence-corrected chi connectivity index (χ0v) is 10.2. The Bertz CT molecular complexity index is 366. The molecule has 0 radical (unpaired) electrons. The molecule has 90 valence electrons. The lowest BCUT2D eigenvalue weighted by molar-refractivity contribution is -0.133. The van der Waals surface area contributed by atoms with Crippen molar-refractivity contribution in [2.75, 3.05) is 11.6 Å². The lowest BCUT2D eigenvalue weighted by Gasteiger charge is -2.07. The van der Waals surface area contributed by atoms with Crippen molar-refractivity contribution in [3.63, 3.8) is 0 Å². The summed E-state index contributed by atoms with van der Waals surface area (Å²) < 4.78 is 1.37. The van der Waals surface area contributed by atoms with Crippen molar-refractivity contribution in [1.29, 1.82) is 0 Å². The monoisotopic (exact) mass is 244 g/mol. The normalized spacial score (nSPS) is 12.6. The van der Waals surface area contributed by atoms with Crippen LogP contribution >= 0.6 is 11.8 Å². The zero-order valence-electron chi connectivity index (χ0n) is 9.38. The molecule has 0 saturated heterocycles. The van der Waals surface area contributed by atoms with Gasteiger partial charge in [-0.15, -0.1) is 10.2 Å². The van der Waals surface area contributed by atoms with Gasteiger partial charge in [-0.3, -0.25) is 4.79 Å². The van der Waals surface area contributed by atoms with E-state index in [4.69, 9.17) is 10.9 Å². The minimum Gasteiger partial charge on any atom is -0.481 e. The number of hydrogen-bond acceptors (Lipinski definition) is 5.